The molecule has 154 valence electrons. The molecule has 0 aliphatic carbocycles. The third-order valence-electron chi connectivity index (χ3n) is 4.56. The number of fused-ring (bicyclic) bond motifs is 2. The molecule has 1 aliphatic heterocycles. The Kier molecular flexibility index (Phi) is 8.76. The lowest BCUT2D eigenvalue weighted by molar-refractivity contribution is -0.134. The van der Waals surface area contributed by atoms with Crippen LogP contribution in [-0.4, -0.2) is 40.1 Å². The van der Waals surface area contributed by atoms with E-state index < -0.39 is 11.9 Å². The zero-order valence-corrected chi connectivity index (χ0v) is 17.9. The second kappa shape index (κ2) is 11.0. The summed E-state index contributed by atoms with van der Waals surface area (Å²) in [4.78, 5) is 24.3. The van der Waals surface area contributed by atoms with Gasteiger partial charge in [-0.15, -0.1) is 0 Å². The number of carboxylic acid groups (broad SMARTS) is 2. The first-order valence-electron chi connectivity index (χ1n) is 9.28. The summed E-state index contributed by atoms with van der Waals surface area (Å²) in [6, 6.07) is 15.5. The van der Waals surface area contributed by atoms with Crippen LogP contribution in [0.25, 0.3) is 0 Å². The van der Waals surface area contributed by atoms with Crippen molar-refractivity contribution in [1.29, 1.82) is 0 Å². The Labute approximate surface area is 180 Å². The van der Waals surface area contributed by atoms with Gasteiger partial charge in [0.05, 0.1) is 0 Å². The number of carboxylic acids is 2. The molecule has 1 aliphatic rings. The number of rotatable bonds is 5. The molecule has 1 unspecified atom stereocenters. The van der Waals surface area contributed by atoms with Crippen LogP contribution in [0.4, 0.5) is 0 Å². The smallest absolute Gasteiger partial charge is 0.328 e. The standard InChI is InChI=1S/C18H20ClNS.C4H4O4/c1-3-20(4-2)16-12-13-11-14(19)9-10-17(13)21-18-8-6-5-7-15(16)18;5-3(6)1-2-4(7)8/h5-11,16H,3-4,12H2,1-2H3;1-2H,(H,5,6)(H,7,8)/b;2-1-. The van der Waals surface area contributed by atoms with Crippen molar-refractivity contribution in [2.24, 2.45) is 0 Å². The largest absolute Gasteiger partial charge is 0.478 e. The van der Waals surface area contributed by atoms with Crippen molar-refractivity contribution in [3.63, 3.8) is 0 Å². The molecule has 29 heavy (non-hydrogen) atoms. The number of likely N-dealkylation sites (N-methyl/N-ethyl adjacent to an activating group) is 1. The molecule has 0 amide bonds. The number of aliphatic carboxylic acids is 2. The van der Waals surface area contributed by atoms with Crippen molar-refractivity contribution in [3.8, 4) is 0 Å². The minimum atomic E-state index is -1.26. The third kappa shape index (κ3) is 6.63. The van der Waals surface area contributed by atoms with Gasteiger partial charge in [0.1, 0.15) is 0 Å². The van der Waals surface area contributed by atoms with Gasteiger partial charge in [-0.3, -0.25) is 4.90 Å². The Balaban J connectivity index is 0.000000321. The van der Waals surface area contributed by atoms with Crippen LogP contribution in [-0.2, 0) is 16.0 Å². The predicted molar refractivity (Wildman–Crippen MR) is 116 cm³/mol. The van der Waals surface area contributed by atoms with Gasteiger partial charge >= 0.3 is 11.9 Å². The number of halogens is 1. The second-order valence-corrected chi connectivity index (χ2v) is 7.86. The van der Waals surface area contributed by atoms with Crippen LogP contribution in [0.15, 0.2) is 64.4 Å². The van der Waals surface area contributed by atoms with Crippen molar-refractivity contribution in [2.45, 2.75) is 36.1 Å². The Morgan fingerprint density at radius 3 is 2.28 bits per heavy atom. The topological polar surface area (TPSA) is 77.8 Å². The Bertz CT molecular complexity index is 880. The molecule has 0 saturated carbocycles. The molecule has 7 heteroatoms. The summed E-state index contributed by atoms with van der Waals surface area (Å²) < 4.78 is 0. The van der Waals surface area contributed by atoms with E-state index in [4.69, 9.17) is 21.8 Å². The van der Waals surface area contributed by atoms with Gasteiger partial charge in [-0.1, -0.05) is 55.4 Å². The minimum Gasteiger partial charge on any atom is -0.478 e. The van der Waals surface area contributed by atoms with Crippen LogP contribution >= 0.6 is 23.4 Å². The maximum absolute atomic E-state index is 9.55. The number of hydrogen-bond acceptors (Lipinski definition) is 4. The molecule has 3 rings (SSSR count). The maximum atomic E-state index is 9.55. The molecule has 0 saturated heterocycles. The van der Waals surface area contributed by atoms with Crippen LogP contribution in [0, 0.1) is 0 Å². The summed E-state index contributed by atoms with van der Waals surface area (Å²) >= 11 is 8.08. The van der Waals surface area contributed by atoms with E-state index in [0.29, 0.717) is 18.2 Å². The highest BCUT2D eigenvalue weighted by Crippen LogP contribution is 2.43. The van der Waals surface area contributed by atoms with Crippen molar-refractivity contribution in [1.82, 2.24) is 4.90 Å². The van der Waals surface area contributed by atoms with Gasteiger partial charge in [0.2, 0.25) is 0 Å². The monoisotopic (exact) mass is 433 g/mol. The first kappa shape index (κ1) is 23.0. The van der Waals surface area contributed by atoms with E-state index in [1.54, 1.807) is 0 Å². The quantitative estimate of drug-likeness (QED) is 0.635. The van der Waals surface area contributed by atoms with E-state index in [9.17, 15) is 9.59 Å². The molecule has 0 bridgehead atoms. The molecule has 0 spiro atoms. The highest BCUT2D eigenvalue weighted by molar-refractivity contribution is 7.99. The lowest BCUT2D eigenvalue weighted by atomic mass is 9.97. The molecular weight excluding hydrogens is 410 g/mol. The molecule has 2 aromatic carbocycles. The van der Waals surface area contributed by atoms with E-state index in [-0.39, 0.29) is 0 Å². The fourth-order valence-corrected chi connectivity index (χ4v) is 4.53. The van der Waals surface area contributed by atoms with Crippen molar-refractivity contribution in [2.75, 3.05) is 13.1 Å². The molecule has 2 aromatic rings. The average molecular weight is 434 g/mol. The molecule has 2 N–H and O–H groups in total. The molecule has 0 radical (unpaired) electrons. The second-order valence-electron chi connectivity index (χ2n) is 6.34. The number of carbonyl (C=O) groups is 2. The van der Waals surface area contributed by atoms with Crippen LogP contribution < -0.4 is 0 Å². The Morgan fingerprint density at radius 1 is 1.07 bits per heavy atom. The SMILES string of the molecule is CCN(CC)C1Cc2cc(Cl)ccc2Sc2ccccc21.O=C(O)/C=C\C(=O)O. The van der Waals surface area contributed by atoms with Gasteiger partial charge < -0.3 is 10.2 Å². The van der Waals surface area contributed by atoms with Gasteiger partial charge in [-0.2, -0.15) is 0 Å². The highest BCUT2D eigenvalue weighted by Gasteiger charge is 2.26. The summed E-state index contributed by atoms with van der Waals surface area (Å²) in [6.07, 6.45) is 2.15. The number of nitrogens with zero attached hydrogens (tertiary/aromatic N) is 1. The van der Waals surface area contributed by atoms with E-state index in [1.807, 2.05) is 17.8 Å². The van der Waals surface area contributed by atoms with Crippen LogP contribution in [0.2, 0.25) is 5.02 Å². The van der Waals surface area contributed by atoms with Crippen LogP contribution in [0.5, 0.6) is 0 Å². The Morgan fingerprint density at radius 2 is 1.69 bits per heavy atom. The summed E-state index contributed by atoms with van der Waals surface area (Å²) in [5.74, 6) is -2.51. The van der Waals surface area contributed by atoms with Gasteiger partial charge in [0.15, 0.2) is 0 Å². The van der Waals surface area contributed by atoms with E-state index >= 15 is 0 Å². The van der Waals surface area contributed by atoms with Crippen molar-refractivity contribution in [3.05, 3.63) is 70.8 Å². The third-order valence-corrected chi connectivity index (χ3v) is 6.00. The van der Waals surface area contributed by atoms with Gasteiger partial charge in [-0.25, -0.2) is 9.59 Å². The molecular formula is C22H24ClNO4S. The first-order chi connectivity index (χ1) is 13.8. The maximum Gasteiger partial charge on any atom is 0.328 e. The van der Waals surface area contributed by atoms with Gasteiger partial charge in [0, 0.05) is 33.0 Å². The van der Waals surface area contributed by atoms with E-state index in [0.717, 1.165) is 24.5 Å². The van der Waals surface area contributed by atoms with Crippen LogP contribution in [0.3, 0.4) is 0 Å². The zero-order chi connectivity index (χ0) is 21.4. The number of hydrogen-bond donors (Lipinski definition) is 2. The van der Waals surface area contributed by atoms with E-state index in [1.165, 1.54) is 20.9 Å². The Hall–Kier alpha value is -2.28. The van der Waals surface area contributed by atoms with Crippen molar-refractivity contribution >= 4 is 35.3 Å². The van der Waals surface area contributed by atoms with E-state index in [2.05, 4.69) is 55.1 Å². The average Bonchev–Trinajstić information content (AvgIpc) is 2.85. The summed E-state index contributed by atoms with van der Waals surface area (Å²) in [7, 11) is 0. The fraction of sp³-hybridized carbons (Fsp3) is 0.273. The summed E-state index contributed by atoms with van der Waals surface area (Å²) in [6.45, 7) is 6.61. The molecule has 1 atom stereocenters. The fourth-order valence-electron chi connectivity index (χ4n) is 3.23. The molecule has 0 aromatic heterocycles. The lowest BCUT2D eigenvalue weighted by Gasteiger charge is -2.30. The molecule has 0 fully saturated rings. The van der Waals surface area contributed by atoms with Crippen LogP contribution in [0.1, 0.15) is 31.0 Å². The predicted octanol–water partition coefficient (Wildman–Crippen LogP) is 5.14. The summed E-state index contributed by atoms with van der Waals surface area (Å²) in [5, 5.41) is 16.5. The lowest BCUT2D eigenvalue weighted by Crippen LogP contribution is -2.30. The normalized spacial score (nSPS) is 15.1. The van der Waals surface area contributed by atoms with Crippen molar-refractivity contribution < 1.29 is 19.8 Å². The minimum absolute atomic E-state index is 0.434. The van der Waals surface area contributed by atoms with Gasteiger partial charge in [-0.05, 0) is 54.9 Å². The zero-order valence-electron chi connectivity index (χ0n) is 16.3. The van der Waals surface area contributed by atoms with Gasteiger partial charge in [0.25, 0.3) is 0 Å². The summed E-state index contributed by atoms with van der Waals surface area (Å²) in [5.41, 5.74) is 2.80. The highest BCUT2D eigenvalue weighted by atomic mass is 35.5. The molecule has 5 nitrogen and oxygen atoms in total. The first-order valence-corrected chi connectivity index (χ1v) is 10.5. The number of benzene rings is 2. The molecule has 1 heterocycles.